The van der Waals surface area contributed by atoms with E-state index in [9.17, 15) is 9.59 Å². The van der Waals surface area contributed by atoms with Crippen molar-refractivity contribution in [3.8, 4) is 5.75 Å². The van der Waals surface area contributed by atoms with Gasteiger partial charge in [0.05, 0.1) is 31.8 Å². The molecule has 34 heavy (non-hydrogen) atoms. The zero-order chi connectivity index (χ0) is 24.1. The Kier molecular flexibility index (Phi) is 6.97. The van der Waals surface area contributed by atoms with Gasteiger partial charge in [0.15, 0.2) is 0 Å². The van der Waals surface area contributed by atoms with E-state index in [1.807, 2.05) is 6.07 Å². The quantitative estimate of drug-likeness (QED) is 0.410. The lowest BCUT2D eigenvalue weighted by Gasteiger charge is -2.27. The van der Waals surface area contributed by atoms with Crippen molar-refractivity contribution in [1.82, 2.24) is 19.9 Å². The first-order valence-corrected chi connectivity index (χ1v) is 10.8. The van der Waals surface area contributed by atoms with Crippen molar-refractivity contribution in [2.24, 2.45) is 11.5 Å². The predicted molar refractivity (Wildman–Crippen MR) is 125 cm³/mol. The van der Waals surface area contributed by atoms with Crippen LogP contribution in [-0.4, -0.2) is 65.2 Å². The molecule has 0 spiro atoms. The van der Waals surface area contributed by atoms with Crippen LogP contribution in [0.2, 0.25) is 0 Å². The Morgan fingerprint density at radius 2 is 2.00 bits per heavy atom. The lowest BCUT2D eigenvalue weighted by Crippen LogP contribution is -2.36. The van der Waals surface area contributed by atoms with Gasteiger partial charge in [0.1, 0.15) is 23.7 Å². The molecule has 1 aromatic carbocycles. The molecule has 0 radical (unpaired) electrons. The third-order valence-corrected chi connectivity index (χ3v) is 5.59. The summed E-state index contributed by atoms with van der Waals surface area (Å²) in [6.45, 7) is 2.78. The van der Waals surface area contributed by atoms with E-state index in [2.05, 4.69) is 30.2 Å². The summed E-state index contributed by atoms with van der Waals surface area (Å²) in [7, 11) is 1.49. The molecule has 12 heteroatoms. The molecule has 3 heterocycles. The fraction of sp³-hybridized carbons (Fsp3) is 0.364. The molecule has 1 aliphatic rings. The zero-order valence-corrected chi connectivity index (χ0v) is 18.7. The summed E-state index contributed by atoms with van der Waals surface area (Å²) < 4.78 is 10.9. The number of carbonyl (C=O) groups is 2. The number of benzene rings is 1. The molecule has 0 bridgehead atoms. The number of ether oxygens (including phenoxy) is 2. The SMILES string of the molecule is COc1cc2ncnc(Nc3nccc(N4CCOCC4)n3)c2cc1C(CCC(N)=O)C(N)=O. The van der Waals surface area contributed by atoms with Crippen LogP contribution in [0.4, 0.5) is 17.6 Å². The second-order valence-corrected chi connectivity index (χ2v) is 7.76. The van der Waals surface area contributed by atoms with Gasteiger partial charge in [0.2, 0.25) is 17.8 Å². The highest BCUT2D eigenvalue weighted by molar-refractivity contribution is 5.94. The van der Waals surface area contributed by atoms with E-state index < -0.39 is 17.7 Å². The molecular formula is C22H26N8O4. The van der Waals surface area contributed by atoms with E-state index >= 15 is 0 Å². The number of carbonyl (C=O) groups excluding carboxylic acids is 2. The lowest BCUT2D eigenvalue weighted by atomic mass is 9.91. The van der Waals surface area contributed by atoms with E-state index in [0.717, 1.165) is 18.9 Å². The molecule has 1 saturated heterocycles. The Morgan fingerprint density at radius 1 is 1.21 bits per heavy atom. The van der Waals surface area contributed by atoms with Crippen LogP contribution in [-0.2, 0) is 14.3 Å². The van der Waals surface area contributed by atoms with Crippen LogP contribution in [0, 0.1) is 0 Å². The molecule has 1 atom stereocenters. The third-order valence-electron chi connectivity index (χ3n) is 5.59. The van der Waals surface area contributed by atoms with Crippen molar-refractivity contribution in [2.75, 3.05) is 43.6 Å². The van der Waals surface area contributed by atoms with Crippen LogP contribution in [0.5, 0.6) is 5.75 Å². The second-order valence-electron chi connectivity index (χ2n) is 7.76. The van der Waals surface area contributed by atoms with E-state index in [-0.39, 0.29) is 12.8 Å². The van der Waals surface area contributed by atoms with E-state index in [4.69, 9.17) is 20.9 Å². The number of nitrogens with one attached hydrogen (secondary N) is 1. The molecule has 5 N–H and O–H groups in total. The summed E-state index contributed by atoms with van der Waals surface area (Å²) in [4.78, 5) is 43.2. The van der Waals surface area contributed by atoms with Gasteiger partial charge < -0.3 is 31.2 Å². The third kappa shape index (κ3) is 5.12. The van der Waals surface area contributed by atoms with Crippen LogP contribution < -0.4 is 26.4 Å². The molecule has 1 aliphatic heterocycles. The van der Waals surface area contributed by atoms with E-state index in [1.165, 1.54) is 13.4 Å². The van der Waals surface area contributed by atoms with E-state index in [1.54, 1.807) is 18.3 Å². The van der Waals surface area contributed by atoms with Gasteiger partial charge in [-0.3, -0.25) is 9.59 Å². The number of amides is 2. The Bertz CT molecular complexity index is 1200. The Balaban J connectivity index is 1.70. The van der Waals surface area contributed by atoms with Crippen molar-refractivity contribution in [3.63, 3.8) is 0 Å². The highest BCUT2D eigenvalue weighted by Gasteiger charge is 2.24. The summed E-state index contributed by atoms with van der Waals surface area (Å²) in [5.41, 5.74) is 12.0. The topological polar surface area (TPSA) is 171 Å². The number of aromatic nitrogens is 4. The van der Waals surface area contributed by atoms with Gasteiger partial charge in [0, 0.05) is 42.7 Å². The molecule has 3 aromatic rings. The fourth-order valence-corrected chi connectivity index (χ4v) is 3.87. The highest BCUT2D eigenvalue weighted by atomic mass is 16.5. The van der Waals surface area contributed by atoms with Gasteiger partial charge in [-0.05, 0) is 18.6 Å². The number of methoxy groups -OCH3 is 1. The first-order valence-electron chi connectivity index (χ1n) is 10.8. The molecule has 12 nitrogen and oxygen atoms in total. The largest absolute Gasteiger partial charge is 0.496 e. The number of hydrogen-bond acceptors (Lipinski definition) is 10. The van der Waals surface area contributed by atoms with Crippen LogP contribution in [0.1, 0.15) is 24.3 Å². The van der Waals surface area contributed by atoms with E-state index in [0.29, 0.717) is 47.2 Å². The Hall–Kier alpha value is -4.06. The van der Waals surface area contributed by atoms with Crippen LogP contribution in [0.25, 0.3) is 10.9 Å². The minimum Gasteiger partial charge on any atom is -0.496 e. The summed E-state index contributed by atoms with van der Waals surface area (Å²) in [6, 6.07) is 5.27. The molecule has 0 saturated carbocycles. The van der Waals surface area contributed by atoms with Gasteiger partial charge in [-0.2, -0.15) is 4.98 Å². The minimum atomic E-state index is -0.777. The number of hydrogen-bond donors (Lipinski definition) is 3. The molecule has 1 unspecified atom stereocenters. The van der Waals surface area contributed by atoms with Gasteiger partial charge in [-0.1, -0.05) is 0 Å². The maximum atomic E-state index is 12.2. The lowest BCUT2D eigenvalue weighted by molar-refractivity contribution is -0.120. The molecule has 0 aliphatic carbocycles. The first-order chi connectivity index (χ1) is 16.5. The summed E-state index contributed by atoms with van der Waals surface area (Å²) in [5.74, 6) is 0.132. The minimum absolute atomic E-state index is 0.00731. The highest BCUT2D eigenvalue weighted by Crippen LogP contribution is 2.35. The van der Waals surface area contributed by atoms with Crippen molar-refractivity contribution >= 4 is 40.3 Å². The standard InChI is InChI=1S/C22H26N8O4/c1-33-17-11-16-15(10-14(17)13(20(24)32)2-3-18(23)31)21(27-12-26-16)29-22-25-5-4-19(28-22)30-6-8-34-9-7-30/h4-5,10-13H,2-3,6-9H2,1H3,(H2,23,31)(H2,24,32)(H,25,26,27,28,29). The smallest absolute Gasteiger partial charge is 0.230 e. The van der Waals surface area contributed by atoms with Crippen molar-refractivity contribution < 1.29 is 19.1 Å². The number of primary amides is 2. The molecule has 2 amide bonds. The van der Waals surface area contributed by atoms with Crippen molar-refractivity contribution in [1.29, 1.82) is 0 Å². The second kappa shape index (κ2) is 10.3. The maximum Gasteiger partial charge on any atom is 0.230 e. The zero-order valence-electron chi connectivity index (χ0n) is 18.7. The maximum absolute atomic E-state index is 12.2. The Morgan fingerprint density at radius 3 is 2.71 bits per heavy atom. The molecule has 2 aromatic heterocycles. The average Bonchev–Trinajstić information content (AvgIpc) is 2.84. The molecular weight excluding hydrogens is 440 g/mol. The molecule has 4 rings (SSSR count). The summed E-state index contributed by atoms with van der Waals surface area (Å²) in [6.07, 6.45) is 3.25. The predicted octanol–water partition coefficient (Wildman–Crippen LogP) is 0.843. The number of morpholine rings is 1. The number of nitrogens with two attached hydrogens (primary N) is 2. The monoisotopic (exact) mass is 466 g/mol. The number of fused-ring (bicyclic) bond motifs is 1. The number of anilines is 3. The van der Waals surface area contributed by atoms with Gasteiger partial charge in [0.25, 0.3) is 0 Å². The molecule has 1 fully saturated rings. The normalized spacial score (nSPS) is 14.6. The molecule has 178 valence electrons. The van der Waals surface area contributed by atoms with Crippen LogP contribution in [0.3, 0.4) is 0 Å². The summed E-state index contributed by atoms with van der Waals surface area (Å²) >= 11 is 0. The van der Waals surface area contributed by atoms with Gasteiger partial charge >= 0.3 is 0 Å². The Labute approximate surface area is 195 Å². The van der Waals surface area contributed by atoms with Gasteiger partial charge in [-0.15, -0.1) is 0 Å². The van der Waals surface area contributed by atoms with Crippen LogP contribution >= 0.6 is 0 Å². The van der Waals surface area contributed by atoms with Gasteiger partial charge in [-0.25, -0.2) is 15.0 Å². The van der Waals surface area contributed by atoms with Crippen LogP contribution in [0.15, 0.2) is 30.7 Å². The average molecular weight is 467 g/mol. The van der Waals surface area contributed by atoms with Crippen molar-refractivity contribution in [2.45, 2.75) is 18.8 Å². The van der Waals surface area contributed by atoms with Crippen molar-refractivity contribution in [3.05, 3.63) is 36.3 Å². The number of rotatable bonds is 9. The summed E-state index contributed by atoms with van der Waals surface area (Å²) in [5, 5.41) is 3.76. The fourth-order valence-electron chi connectivity index (χ4n) is 3.87. The first kappa shape index (κ1) is 23.1. The number of nitrogens with zero attached hydrogens (tertiary/aromatic N) is 5.